The number of benzene rings is 2. The maximum Gasteiger partial charge on any atom is 0.264 e. The molecular formula is C42H60ClN5O6S. The molecule has 2 fully saturated rings. The Morgan fingerprint density at radius 3 is 2.53 bits per heavy atom. The second-order valence-electron chi connectivity index (χ2n) is 16.9. The number of fused-ring (bicyclic) bond motifs is 4. The number of ether oxygens (including phenoxy) is 3. The molecule has 302 valence electrons. The summed E-state index contributed by atoms with van der Waals surface area (Å²) in [4.78, 5) is 23.0. The van der Waals surface area contributed by atoms with E-state index < -0.39 is 21.5 Å². The molecule has 1 spiro atoms. The number of anilines is 1. The molecule has 5 aliphatic rings. The second-order valence-corrected chi connectivity index (χ2v) is 19.0. The predicted octanol–water partition coefficient (Wildman–Crippen LogP) is 4.96. The fourth-order valence-corrected chi connectivity index (χ4v) is 10.5. The van der Waals surface area contributed by atoms with Gasteiger partial charge in [-0.25, -0.2) is 13.1 Å². The first kappa shape index (κ1) is 40.5. The average Bonchev–Trinajstić information content (AvgIpc) is 3.46. The van der Waals surface area contributed by atoms with Crippen LogP contribution in [0.4, 0.5) is 5.69 Å². The van der Waals surface area contributed by atoms with Gasteiger partial charge in [0.2, 0.25) is 0 Å². The maximum absolute atomic E-state index is 13.9. The Morgan fingerprint density at radius 2 is 1.78 bits per heavy atom. The molecule has 2 bridgehead atoms. The first-order chi connectivity index (χ1) is 26.4. The lowest BCUT2D eigenvalue weighted by molar-refractivity contribution is -0.128. The normalized spacial score (nSPS) is 28.9. The summed E-state index contributed by atoms with van der Waals surface area (Å²) in [5.41, 5.74) is 1.88. The number of likely N-dealkylation sites (N-methyl/N-ethyl adjacent to an activating group) is 1. The monoisotopic (exact) mass is 797 g/mol. The molecule has 1 saturated carbocycles. The Bertz CT molecular complexity index is 1820. The Balaban J connectivity index is 1.18. The molecule has 2 aromatic rings. The van der Waals surface area contributed by atoms with Crippen LogP contribution in [0.5, 0.6) is 5.75 Å². The van der Waals surface area contributed by atoms with Crippen LogP contribution in [-0.2, 0) is 36.1 Å². The van der Waals surface area contributed by atoms with E-state index in [2.05, 4.69) is 43.7 Å². The summed E-state index contributed by atoms with van der Waals surface area (Å²) >= 11 is 6.49. The van der Waals surface area contributed by atoms with E-state index in [0.717, 1.165) is 102 Å². The highest BCUT2D eigenvalue weighted by Gasteiger charge is 2.45. The van der Waals surface area contributed by atoms with Crippen molar-refractivity contribution in [2.45, 2.75) is 74.3 Å². The highest BCUT2D eigenvalue weighted by molar-refractivity contribution is 7.90. The molecule has 1 saturated heterocycles. The molecule has 3 heterocycles. The van der Waals surface area contributed by atoms with E-state index in [1.54, 1.807) is 39.2 Å². The first-order valence-electron chi connectivity index (χ1n) is 20.2. The van der Waals surface area contributed by atoms with E-state index in [1.165, 1.54) is 11.1 Å². The van der Waals surface area contributed by atoms with Crippen LogP contribution in [0.15, 0.2) is 53.4 Å². The Labute approximate surface area is 333 Å². The molecule has 55 heavy (non-hydrogen) atoms. The van der Waals surface area contributed by atoms with Gasteiger partial charge in [-0.3, -0.25) is 19.5 Å². The van der Waals surface area contributed by atoms with Crippen molar-refractivity contribution in [3.63, 3.8) is 0 Å². The molecule has 4 atom stereocenters. The summed E-state index contributed by atoms with van der Waals surface area (Å²) < 4.78 is 48.9. The van der Waals surface area contributed by atoms with Gasteiger partial charge in [-0.2, -0.15) is 0 Å². The second kappa shape index (κ2) is 17.0. The smallest absolute Gasteiger partial charge is 0.264 e. The number of hydrogen-bond acceptors (Lipinski definition) is 10. The van der Waals surface area contributed by atoms with Crippen molar-refractivity contribution in [3.05, 3.63) is 64.7 Å². The van der Waals surface area contributed by atoms with Gasteiger partial charge in [0.15, 0.2) is 0 Å². The van der Waals surface area contributed by atoms with Crippen LogP contribution in [0.1, 0.15) is 57.1 Å². The highest BCUT2D eigenvalue weighted by Crippen LogP contribution is 2.47. The number of nitrogens with zero attached hydrogens (tertiary/aromatic N) is 4. The molecule has 2 aromatic carbocycles. The number of carbonyl (C=O) groups excluding carboxylic acids is 1. The minimum Gasteiger partial charge on any atom is -0.490 e. The molecule has 0 radical (unpaired) electrons. The average molecular weight is 798 g/mol. The fraction of sp³-hybridized carbons (Fsp3) is 0.643. The van der Waals surface area contributed by atoms with Crippen molar-refractivity contribution in [2.75, 3.05) is 97.8 Å². The van der Waals surface area contributed by atoms with Gasteiger partial charge in [-0.1, -0.05) is 29.8 Å². The Hall–Kier alpha value is -2.71. The number of rotatable bonds is 7. The van der Waals surface area contributed by atoms with E-state index in [9.17, 15) is 13.2 Å². The number of sulfonamides is 1. The maximum atomic E-state index is 13.9. The zero-order chi connectivity index (χ0) is 38.8. The number of nitrogens with one attached hydrogen (secondary N) is 1. The third-order valence-electron chi connectivity index (χ3n) is 13.1. The molecule has 13 heteroatoms. The molecule has 11 nitrogen and oxygen atoms in total. The summed E-state index contributed by atoms with van der Waals surface area (Å²) in [6.45, 7) is 13.4. The third-order valence-corrected chi connectivity index (χ3v) is 14.7. The lowest BCUT2D eigenvalue weighted by Crippen LogP contribution is -2.54. The van der Waals surface area contributed by atoms with Gasteiger partial charge in [0, 0.05) is 63.4 Å². The standard InChI is InChI=1S/C42H60ClN5O6S/c1-41(2)40(49)44-55(50,51)34-12-15-39-37(27-34)48(29-42(30-54-39)16-5-8-31-26-33(43)11-14-36(31)42)28-32-10-13-35(32)38(9-6-17-45(41)3)53-25-23-47-19-7-18-46(20-21-47)22-24-52-4/h6,9,11-12,14-15,26-27,32,35,38H,5,7-8,10,13,16-25,28-30H2,1-4H3,(H,44,49)/t32-,35+,38-,42-/m0/s1. The summed E-state index contributed by atoms with van der Waals surface area (Å²) in [7, 11) is -0.563. The third kappa shape index (κ3) is 8.91. The topological polar surface area (TPSA) is 104 Å². The van der Waals surface area contributed by atoms with Gasteiger partial charge < -0.3 is 19.1 Å². The molecule has 1 amide bonds. The van der Waals surface area contributed by atoms with Crippen LogP contribution in [0.3, 0.4) is 0 Å². The number of aryl methyl sites for hydroxylation is 1. The number of amides is 1. The van der Waals surface area contributed by atoms with Crippen LogP contribution < -0.4 is 14.4 Å². The van der Waals surface area contributed by atoms with Crippen LogP contribution in [0.2, 0.25) is 5.02 Å². The number of hydrogen-bond donors (Lipinski definition) is 1. The summed E-state index contributed by atoms with van der Waals surface area (Å²) in [6.07, 6.45) is 10.4. The van der Waals surface area contributed by atoms with Gasteiger partial charge in [0.1, 0.15) is 5.75 Å². The molecule has 0 unspecified atom stereocenters. The zero-order valence-corrected chi connectivity index (χ0v) is 34.7. The lowest BCUT2D eigenvalue weighted by atomic mass is 9.68. The lowest BCUT2D eigenvalue weighted by Gasteiger charge is -2.46. The van der Waals surface area contributed by atoms with Gasteiger partial charge in [0.05, 0.1) is 42.0 Å². The molecule has 2 aliphatic carbocycles. The number of halogens is 1. The van der Waals surface area contributed by atoms with Gasteiger partial charge in [-0.05, 0) is 126 Å². The van der Waals surface area contributed by atoms with Crippen molar-refractivity contribution in [3.8, 4) is 5.75 Å². The van der Waals surface area contributed by atoms with Gasteiger partial charge in [-0.15, -0.1) is 0 Å². The highest BCUT2D eigenvalue weighted by atomic mass is 35.5. The summed E-state index contributed by atoms with van der Waals surface area (Å²) in [5, 5.41) is 0.737. The minimum absolute atomic E-state index is 0.0483. The Morgan fingerprint density at radius 1 is 1.00 bits per heavy atom. The van der Waals surface area contributed by atoms with Gasteiger partial charge in [0.25, 0.3) is 15.9 Å². The van der Waals surface area contributed by atoms with Crippen molar-refractivity contribution in [1.29, 1.82) is 0 Å². The SMILES string of the molecule is COCCN1CCCN(CCO[C@H]2C=CCN(C)C(C)(C)C(=O)NS(=O)(=O)c3ccc4c(c3)N(C[C@@H]3CC[C@H]32)C[C@@]2(CCCc3cc(Cl)ccc32)CO4)CC1. The van der Waals surface area contributed by atoms with Crippen molar-refractivity contribution < 1.29 is 27.4 Å². The van der Waals surface area contributed by atoms with Crippen LogP contribution in [-0.4, -0.2) is 134 Å². The summed E-state index contributed by atoms with van der Waals surface area (Å²) in [6, 6.07) is 11.3. The molecule has 3 aliphatic heterocycles. The van der Waals surface area contributed by atoms with Crippen LogP contribution in [0, 0.1) is 11.8 Å². The van der Waals surface area contributed by atoms with Crippen molar-refractivity contribution in [2.24, 2.45) is 11.8 Å². The van der Waals surface area contributed by atoms with Crippen LogP contribution in [0.25, 0.3) is 0 Å². The van der Waals surface area contributed by atoms with Crippen molar-refractivity contribution in [1.82, 2.24) is 19.4 Å². The first-order valence-corrected chi connectivity index (χ1v) is 22.1. The fourth-order valence-electron chi connectivity index (χ4n) is 9.19. The van der Waals surface area contributed by atoms with Crippen LogP contribution >= 0.6 is 11.6 Å². The van der Waals surface area contributed by atoms with E-state index in [-0.39, 0.29) is 16.4 Å². The predicted molar refractivity (Wildman–Crippen MR) is 217 cm³/mol. The number of carbonyl (C=O) groups is 1. The molecule has 0 aromatic heterocycles. The Kier molecular flexibility index (Phi) is 12.5. The minimum atomic E-state index is -4.18. The van der Waals surface area contributed by atoms with Crippen molar-refractivity contribution >= 4 is 33.2 Å². The van der Waals surface area contributed by atoms with Gasteiger partial charge >= 0.3 is 0 Å². The zero-order valence-electron chi connectivity index (χ0n) is 33.1. The molecule has 1 N–H and O–H groups in total. The molecule has 7 rings (SSSR count). The van der Waals surface area contributed by atoms with E-state index in [1.807, 2.05) is 18.0 Å². The van der Waals surface area contributed by atoms with E-state index in [4.69, 9.17) is 25.8 Å². The van der Waals surface area contributed by atoms with E-state index >= 15 is 0 Å². The summed E-state index contributed by atoms with van der Waals surface area (Å²) in [5.74, 6) is 0.708. The quantitative estimate of drug-likeness (QED) is 0.387. The number of methoxy groups -OCH3 is 1. The largest absolute Gasteiger partial charge is 0.490 e. The van der Waals surface area contributed by atoms with E-state index in [0.29, 0.717) is 43.9 Å². The molecular weight excluding hydrogens is 738 g/mol.